The van der Waals surface area contributed by atoms with Gasteiger partial charge in [-0.15, -0.1) is 0 Å². The number of rotatable bonds is 4. The number of Topliss-reactive ketones (excluding diaryl/α,β-unsaturated/α-hetero) is 2. The smallest absolute Gasteiger partial charge is 0.355 e. The molecular weight excluding hydrogens is 440 g/mol. The summed E-state index contributed by atoms with van der Waals surface area (Å²) in [5, 5.41) is 6.46. The second-order valence-electron chi connectivity index (χ2n) is 7.81. The summed E-state index contributed by atoms with van der Waals surface area (Å²) in [6, 6.07) is 22.3. The van der Waals surface area contributed by atoms with Gasteiger partial charge in [-0.25, -0.2) is 9.80 Å². The van der Waals surface area contributed by atoms with E-state index in [1.165, 1.54) is 5.01 Å². The Labute approximate surface area is 195 Å². The van der Waals surface area contributed by atoms with Gasteiger partial charge in [0.1, 0.15) is 0 Å². The van der Waals surface area contributed by atoms with E-state index in [1.54, 1.807) is 79.7 Å². The van der Waals surface area contributed by atoms with Gasteiger partial charge in [0.15, 0.2) is 17.3 Å². The molecule has 0 saturated heterocycles. The molecule has 0 bridgehead atoms. The Balaban J connectivity index is 1.81. The number of hydrogen-bond donors (Lipinski definition) is 0. The Kier molecular flexibility index (Phi) is 5.10. The fraction of sp³-hybridized carbons (Fsp3) is 0.154. The average molecular weight is 459 g/mol. The lowest BCUT2D eigenvalue weighted by molar-refractivity contribution is -0.135. The molecule has 2 aliphatic rings. The van der Waals surface area contributed by atoms with Crippen molar-refractivity contribution in [2.45, 2.75) is 18.4 Å². The molecule has 0 aromatic heterocycles. The first kappa shape index (κ1) is 21.1. The second-order valence-corrected chi connectivity index (χ2v) is 8.24. The number of ether oxygens (including phenoxy) is 1. The van der Waals surface area contributed by atoms with Gasteiger partial charge < -0.3 is 4.74 Å². The zero-order valence-electron chi connectivity index (χ0n) is 17.7. The molecule has 5 rings (SSSR count). The Hall–Kier alpha value is -3.77. The molecule has 1 aliphatic heterocycles. The van der Waals surface area contributed by atoms with Crippen molar-refractivity contribution in [2.24, 2.45) is 5.10 Å². The average Bonchev–Trinajstić information content (AvgIpc) is 3.31. The van der Waals surface area contributed by atoms with Gasteiger partial charge in [0.2, 0.25) is 5.54 Å². The van der Waals surface area contributed by atoms with Gasteiger partial charge in [-0.1, -0.05) is 66.2 Å². The summed E-state index contributed by atoms with van der Waals surface area (Å²) in [6.45, 7) is 1.82. The molecule has 7 heteroatoms. The maximum Gasteiger partial charge on any atom is 0.355 e. The number of halogens is 1. The number of hydrogen-bond acceptors (Lipinski definition) is 6. The highest BCUT2D eigenvalue weighted by atomic mass is 35.5. The van der Waals surface area contributed by atoms with Crippen LogP contribution in [0.25, 0.3) is 0 Å². The Morgan fingerprint density at radius 2 is 1.52 bits per heavy atom. The first-order valence-corrected chi connectivity index (χ1v) is 10.9. The number of esters is 1. The third kappa shape index (κ3) is 3.02. The van der Waals surface area contributed by atoms with Crippen molar-refractivity contribution in [3.05, 3.63) is 101 Å². The van der Waals surface area contributed by atoms with Crippen molar-refractivity contribution >= 4 is 40.5 Å². The number of carbonyl (C=O) groups is 3. The van der Waals surface area contributed by atoms with Gasteiger partial charge in [0, 0.05) is 16.1 Å². The lowest BCUT2D eigenvalue weighted by Gasteiger charge is -2.35. The van der Waals surface area contributed by atoms with Gasteiger partial charge in [0.05, 0.1) is 18.2 Å². The summed E-state index contributed by atoms with van der Waals surface area (Å²) in [5.74, 6) is -2.47. The van der Waals surface area contributed by atoms with E-state index in [9.17, 15) is 14.4 Å². The number of benzene rings is 3. The van der Waals surface area contributed by atoms with E-state index >= 15 is 0 Å². The highest BCUT2D eigenvalue weighted by Crippen LogP contribution is 2.50. The Morgan fingerprint density at radius 3 is 2.09 bits per heavy atom. The minimum Gasteiger partial charge on any atom is -0.461 e. The number of nitrogens with zero attached hydrogens (tertiary/aromatic N) is 2. The van der Waals surface area contributed by atoms with Crippen LogP contribution in [0.5, 0.6) is 0 Å². The molecule has 3 aromatic rings. The van der Waals surface area contributed by atoms with E-state index < -0.39 is 29.0 Å². The number of hydrazone groups is 1. The lowest BCUT2D eigenvalue weighted by Crippen LogP contribution is -2.57. The summed E-state index contributed by atoms with van der Waals surface area (Å²) in [7, 11) is 0. The maximum atomic E-state index is 14.1. The predicted octanol–water partition coefficient (Wildman–Crippen LogP) is 4.68. The largest absolute Gasteiger partial charge is 0.461 e. The summed E-state index contributed by atoms with van der Waals surface area (Å²) in [6.07, 6.45) is 0. The van der Waals surface area contributed by atoms with Crippen LogP contribution in [0, 0.1) is 0 Å². The molecule has 0 radical (unpaired) electrons. The van der Waals surface area contributed by atoms with Crippen LogP contribution in [0.15, 0.2) is 84.0 Å². The topological polar surface area (TPSA) is 76.0 Å². The summed E-state index contributed by atoms with van der Waals surface area (Å²) in [4.78, 5) is 41.2. The standard InChI is InChI=1S/C26H19ClN2O4/c1-2-33-25(32)22-21(16-12-14-17(27)15-13-16)26(29(28-22)18-8-4-3-5-9-18)23(30)19-10-6-7-11-20(19)24(26)31/h3-15,21H,2H2,1H3/t21-/m0/s1. The van der Waals surface area contributed by atoms with E-state index in [0.717, 1.165) is 0 Å². The maximum absolute atomic E-state index is 14.1. The van der Waals surface area contributed by atoms with Gasteiger partial charge in [-0.05, 0) is 36.8 Å². The Bertz CT molecular complexity index is 1270. The van der Waals surface area contributed by atoms with E-state index in [-0.39, 0.29) is 12.3 Å². The molecule has 0 fully saturated rings. The van der Waals surface area contributed by atoms with Crippen LogP contribution in [0.2, 0.25) is 5.02 Å². The molecule has 1 atom stereocenters. The molecule has 3 aromatic carbocycles. The zero-order chi connectivity index (χ0) is 23.2. The first-order valence-electron chi connectivity index (χ1n) is 10.5. The first-order chi connectivity index (χ1) is 16.0. The number of carbonyl (C=O) groups excluding carboxylic acids is 3. The van der Waals surface area contributed by atoms with Crippen molar-refractivity contribution in [3.8, 4) is 0 Å². The summed E-state index contributed by atoms with van der Waals surface area (Å²) in [5.41, 5.74) is -0.0895. The molecule has 0 N–H and O–H groups in total. The van der Waals surface area contributed by atoms with Crippen molar-refractivity contribution < 1.29 is 19.1 Å². The molecular formula is C26H19ClN2O4. The fourth-order valence-corrected chi connectivity index (χ4v) is 4.79. The van der Waals surface area contributed by atoms with E-state index in [1.807, 2.05) is 6.07 Å². The van der Waals surface area contributed by atoms with Gasteiger partial charge in [-0.3, -0.25) is 9.59 Å². The number of para-hydroxylation sites is 1. The van der Waals surface area contributed by atoms with Gasteiger partial charge >= 0.3 is 5.97 Å². The van der Waals surface area contributed by atoms with E-state index in [2.05, 4.69) is 5.10 Å². The van der Waals surface area contributed by atoms with Crippen LogP contribution in [0.3, 0.4) is 0 Å². The van der Waals surface area contributed by atoms with Crippen LogP contribution in [-0.2, 0) is 9.53 Å². The summed E-state index contributed by atoms with van der Waals surface area (Å²) < 4.78 is 5.29. The number of fused-ring (bicyclic) bond motifs is 1. The van der Waals surface area contributed by atoms with Crippen LogP contribution in [0.1, 0.15) is 39.1 Å². The molecule has 1 heterocycles. The van der Waals surface area contributed by atoms with Gasteiger partial charge in [-0.2, -0.15) is 5.10 Å². The van der Waals surface area contributed by atoms with E-state index in [4.69, 9.17) is 16.3 Å². The van der Waals surface area contributed by atoms with Crippen molar-refractivity contribution in [2.75, 3.05) is 11.6 Å². The predicted molar refractivity (Wildman–Crippen MR) is 125 cm³/mol. The van der Waals surface area contributed by atoms with Crippen LogP contribution in [0.4, 0.5) is 5.69 Å². The Morgan fingerprint density at radius 1 is 0.939 bits per heavy atom. The molecule has 1 spiro atoms. The normalized spacial score (nSPS) is 18.4. The molecule has 6 nitrogen and oxygen atoms in total. The van der Waals surface area contributed by atoms with Gasteiger partial charge in [0.25, 0.3) is 0 Å². The highest BCUT2D eigenvalue weighted by Gasteiger charge is 2.67. The fourth-order valence-electron chi connectivity index (χ4n) is 4.66. The molecule has 1 aliphatic carbocycles. The van der Waals surface area contributed by atoms with Crippen molar-refractivity contribution in [1.29, 1.82) is 0 Å². The molecule has 0 unspecified atom stereocenters. The summed E-state index contributed by atoms with van der Waals surface area (Å²) >= 11 is 6.11. The van der Waals surface area contributed by atoms with Crippen LogP contribution in [-0.4, -0.2) is 35.4 Å². The number of ketones is 2. The third-order valence-electron chi connectivity index (χ3n) is 6.03. The van der Waals surface area contributed by atoms with Crippen LogP contribution < -0.4 is 5.01 Å². The monoisotopic (exact) mass is 458 g/mol. The molecule has 0 saturated carbocycles. The number of anilines is 1. The lowest BCUT2D eigenvalue weighted by atomic mass is 9.73. The molecule has 33 heavy (non-hydrogen) atoms. The molecule has 0 amide bonds. The highest BCUT2D eigenvalue weighted by molar-refractivity contribution is 6.46. The molecule has 164 valence electrons. The minimum atomic E-state index is -1.79. The zero-order valence-corrected chi connectivity index (χ0v) is 18.5. The van der Waals surface area contributed by atoms with Crippen LogP contribution >= 0.6 is 11.6 Å². The van der Waals surface area contributed by atoms with E-state index in [0.29, 0.717) is 27.4 Å². The van der Waals surface area contributed by atoms with Crippen molar-refractivity contribution in [1.82, 2.24) is 0 Å². The SMILES string of the molecule is CCOC(=O)C1=NN(c2ccccc2)C2(C(=O)c3ccccc3C2=O)[C@H]1c1ccc(Cl)cc1. The third-order valence-corrected chi connectivity index (χ3v) is 6.28. The second kappa shape index (κ2) is 7.98. The quantitative estimate of drug-likeness (QED) is 0.419. The van der Waals surface area contributed by atoms with Crippen molar-refractivity contribution in [3.63, 3.8) is 0 Å². The minimum absolute atomic E-state index is 0.00229.